The largest absolute Gasteiger partial charge is 0.358 e. The Hall–Kier alpha value is -0.710. The molecule has 52 valence electrons. The molecule has 0 N–H and O–H groups in total. The fourth-order valence-electron chi connectivity index (χ4n) is 0.107. The van der Waals surface area contributed by atoms with E-state index in [-0.39, 0.29) is 0 Å². The molecule has 0 rings (SSSR count). The molecule has 0 heterocycles. The second kappa shape index (κ2) is 2.72. The second-order valence-corrected chi connectivity index (χ2v) is 1.97. The van der Waals surface area contributed by atoms with E-state index in [1.807, 2.05) is 0 Å². The minimum atomic E-state index is -1.86. The third-order valence-electron chi connectivity index (χ3n) is 0.843. The molecule has 9 heavy (non-hydrogen) atoms. The summed E-state index contributed by atoms with van der Waals surface area (Å²) in [5, 5.41) is 12.2. The van der Waals surface area contributed by atoms with E-state index in [0.717, 1.165) is 6.92 Å². The Labute approximate surface area is 56.1 Å². The maximum Gasteiger partial charge on any atom is 0.358 e. The Morgan fingerprint density at radius 1 is 1.89 bits per heavy atom. The van der Waals surface area contributed by atoms with E-state index < -0.39 is 16.5 Å². The van der Waals surface area contributed by atoms with Gasteiger partial charge in [-0.25, -0.2) is 0 Å². The summed E-state index contributed by atoms with van der Waals surface area (Å²) in [5.74, 6) is -0.399. The minimum absolute atomic E-state index is 0.399. The van der Waals surface area contributed by atoms with Crippen LogP contribution in [0.4, 0.5) is 0 Å². The number of nitrogens with zero attached hydrogens (tertiary/aromatic N) is 2. The molecule has 0 aliphatic rings. The molecule has 0 fully saturated rings. The molecule has 0 spiro atoms. The molecule has 0 bridgehead atoms. The number of rotatable bonds is 3. The summed E-state index contributed by atoms with van der Waals surface area (Å²) in [5.41, 5.74) is -1.86. The van der Waals surface area contributed by atoms with Crippen molar-refractivity contribution < 1.29 is 4.92 Å². The number of nitro groups is 1. The van der Waals surface area contributed by atoms with Gasteiger partial charge < -0.3 is 0 Å². The van der Waals surface area contributed by atoms with Crippen LogP contribution in [0.25, 0.3) is 0 Å². The van der Waals surface area contributed by atoms with Crippen molar-refractivity contribution >= 4 is 11.6 Å². The van der Waals surface area contributed by atoms with Crippen molar-refractivity contribution in [3.8, 4) is 0 Å². The Bertz CT molecular complexity index is 139. The summed E-state index contributed by atoms with van der Waals surface area (Å²) in [4.78, 5) is 18.8. The fraction of sp³-hybridized carbons (Fsp3) is 1.00. The lowest BCUT2D eigenvalue weighted by Gasteiger charge is -2.06. The van der Waals surface area contributed by atoms with Gasteiger partial charge in [-0.15, -0.1) is 16.5 Å². The van der Waals surface area contributed by atoms with Crippen molar-refractivity contribution in [3.63, 3.8) is 0 Å². The number of nitroso groups, excluding NO2 is 1. The third kappa shape index (κ3) is 1.60. The first-order chi connectivity index (χ1) is 4.06. The first kappa shape index (κ1) is 8.29. The van der Waals surface area contributed by atoms with Gasteiger partial charge in [0, 0.05) is 12.1 Å². The van der Waals surface area contributed by atoms with E-state index in [9.17, 15) is 15.0 Å². The normalized spacial score (nSPS) is 16.2. The van der Waals surface area contributed by atoms with Gasteiger partial charge >= 0.3 is 5.66 Å². The summed E-state index contributed by atoms with van der Waals surface area (Å²) >= 11 is 5.07. The van der Waals surface area contributed by atoms with Gasteiger partial charge in [-0.05, 0) is 0 Å². The van der Waals surface area contributed by atoms with E-state index in [2.05, 4.69) is 5.18 Å². The lowest BCUT2D eigenvalue weighted by atomic mass is 10.3. The SMILES string of the molecule is CC(CCl)(N=O)[N+](=O)[O-]. The minimum Gasteiger partial charge on any atom is -0.262 e. The molecule has 0 aromatic carbocycles. The zero-order valence-electron chi connectivity index (χ0n) is 4.70. The Morgan fingerprint density at radius 2 is 2.33 bits per heavy atom. The van der Waals surface area contributed by atoms with Crippen LogP contribution in [0.1, 0.15) is 6.92 Å². The van der Waals surface area contributed by atoms with Gasteiger partial charge in [0.2, 0.25) is 0 Å². The van der Waals surface area contributed by atoms with E-state index >= 15 is 0 Å². The maximum absolute atomic E-state index is 9.91. The first-order valence-corrected chi connectivity index (χ1v) is 2.65. The second-order valence-electron chi connectivity index (χ2n) is 1.70. The van der Waals surface area contributed by atoms with Gasteiger partial charge in [-0.2, -0.15) is 0 Å². The Morgan fingerprint density at radius 3 is 2.33 bits per heavy atom. The van der Waals surface area contributed by atoms with Crippen LogP contribution in [0.2, 0.25) is 0 Å². The predicted octanol–water partition coefficient (Wildman–Crippen LogP) is 0.984. The Balaban J connectivity index is 4.27. The molecule has 0 amide bonds. The molecule has 0 aromatic heterocycles. The van der Waals surface area contributed by atoms with Gasteiger partial charge in [0.1, 0.15) is 5.88 Å². The Kier molecular flexibility index (Phi) is 2.51. The van der Waals surface area contributed by atoms with Gasteiger partial charge in [0.15, 0.2) is 0 Å². The van der Waals surface area contributed by atoms with Crippen LogP contribution >= 0.6 is 11.6 Å². The van der Waals surface area contributed by atoms with Crippen molar-refractivity contribution in [2.75, 3.05) is 5.88 Å². The van der Waals surface area contributed by atoms with Crippen LogP contribution in [0.3, 0.4) is 0 Å². The number of alkyl halides is 1. The highest BCUT2D eigenvalue weighted by atomic mass is 35.5. The topological polar surface area (TPSA) is 72.6 Å². The zero-order chi connectivity index (χ0) is 7.49. The van der Waals surface area contributed by atoms with Crippen LogP contribution in [-0.4, -0.2) is 16.5 Å². The predicted molar refractivity (Wildman–Crippen MR) is 31.9 cm³/mol. The molecule has 1 atom stereocenters. The van der Waals surface area contributed by atoms with Gasteiger partial charge in [-0.1, -0.05) is 0 Å². The van der Waals surface area contributed by atoms with Gasteiger partial charge in [-0.3, -0.25) is 10.1 Å². The van der Waals surface area contributed by atoms with Crippen LogP contribution < -0.4 is 0 Å². The average Bonchev–Trinajstić information content (AvgIpc) is 1.86. The molecule has 1 unspecified atom stereocenters. The average molecular weight is 153 g/mol. The van der Waals surface area contributed by atoms with Crippen LogP contribution in [0.5, 0.6) is 0 Å². The van der Waals surface area contributed by atoms with Crippen molar-refractivity contribution in [3.05, 3.63) is 15.0 Å². The van der Waals surface area contributed by atoms with Crippen LogP contribution in [0.15, 0.2) is 5.18 Å². The highest BCUT2D eigenvalue weighted by Gasteiger charge is 2.37. The lowest BCUT2D eigenvalue weighted by molar-refractivity contribution is -0.557. The molecule has 0 aliphatic heterocycles. The maximum atomic E-state index is 9.91. The molecular formula is C3H5ClN2O3. The molecule has 0 radical (unpaired) electrons. The van der Waals surface area contributed by atoms with Gasteiger partial charge in [0.05, 0.1) is 4.92 Å². The molecule has 0 aliphatic carbocycles. The van der Waals surface area contributed by atoms with Crippen molar-refractivity contribution in [2.45, 2.75) is 12.6 Å². The monoisotopic (exact) mass is 152 g/mol. The van der Waals surface area contributed by atoms with Crippen LogP contribution in [0, 0.1) is 15.0 Å². The van der Waals surface area contributed by atoms with Crippen LogP contribution in [-0.2, 0) is 0 Å². The molecular weight excluding hydrogens is 147 g/mol. The number of hydrogen-bond donors (Lipinski definition) is 0. The van der Waals surface area contributed by atoms with Crippen molar-refractivity contribution in [2.24, 2.45) is 5.18 Å². The first-order valence-electron chi connectivity index (χ1n) is 2.12. The summed E-state index contributed by atoms with van der Waals surface area (Å²) in [6.45, 7) is 1.06. The summed E-state index contributed by atoms with van der Waals surface area (Å²) in [6.07, 6.45) is 0. The number of halogens is 1. The molecule has 6 heteroatoms. The summed E-state index contributed by atoms with van der Waals surface area (Å²) in [6, 6.07) is 0. The van der Waals surface area contributed by atoms with E-state index in [0.29, 0.717) is 0 Å². The molecule has 5 nitrogen and oxygen atoms in total. The molecule has 0 aromatic rings. The van der Waals surface area contributed by atoms with E-state index in [1.165, 1.54) is 0 Å². The molecule has 0 saturated carbocycles. The lowest BCUT2D eigenvalue weighted by Crippen LogP contribution is -2.33. The number of hydrogen-bond acceptors (Lipinski definition) is 4. The third-order valence-corrected chi connectivity index (χ3v) is 1.35. The molecule has 0 saturated heterocycles. The summed E-state index contributed by atoms with van der Waals surface area (Å²) in [7, 11) is 0. The summed E-state index contributed by atoms with van der Waals surface area (Å²) < 4.78 is 0. The van der Waals surface area contributed by atoms with Crippen molar-refractivity contribution in [1.82, 2.24) is 0 Å². The fourth-order valence-corrected chi connectivity index (χ4v) is 0.253. The highest BCUT2D eigenvalue weighted by molar-refractivity contribution is 6.18. The van der Waals surface area contributed by atoms with E-state index in [1.54, 1.807) is 0 Å². The smallest absolute Gasteiger partial charge is 0.262 e. The van der Waals surface area contributed by atoms with Gasteiger partial charge in [0.25, 0.3) is 0 Å². The quantitative estimate of drug-likeness (QED) is 0.262. The zero-order valence-corrected chi connectivity index (χ0v) is 5.46. The van der Waals surface area contributed by atoms with E-state index in [4.69, 9.17) is 11.6 Å². The van der Waals surface area contributed by atoms with Crippen molar-refractivity contribution in [1.29, 1.82) is 0 Å². The highest BCUT2D eigenvalue weighted by Crippen LogP contribution is 2.11. The standard InChI is InChI=1S/C3H5ClN2O3/c1-3(2-4,5-7)6(8)9/h2H2,1H3.